The number of anilines is 2. The number of rotatable bonds is 13. The highest BCUT2D eigenvalue weighted by Gasteiger charge is 2.32. The first-order valence-electron chi connectivity index (χ1n) is 16.0. The van der Waals surface area contributed by atoms with Crippen LogP contribution in [0.25, 0.3) is 22.6 Å². The van der Waals surface area contributed by atoms with Crippen molar-refractivity contribution in [1.29, 1.82) is 0 Å². The average Bonchev–Trinajstić information content (AvgIpc) is 3.89. The third-order valence-electron chi connectivity index (χ3n) is 7.46. The smallest absolute Gasteiger partial charge is 0.496 e. The lowest BCUT2D eigenvalue weighted by molar-refractivity contribution is -0.274. The number of oxazole rings is 2. The Hall–Kier alpha value is -6.91. The average molecular weight is 767 g/mol. The number of benzene rings is 4. The zero-order valence-corrected chi connectivity index (χ0v) is 28.9. The van der Waals surface area contributed by atoms with Crippen molar-refractivity contribution in [2.75, 3.05) is 24.9 Å². The van der Waals surface area contributed by atoms with Crippen molar-refractivity contribution in [3.8, 4) is 45.6 Å². The molecule has 0 spiro atoms. The van der Waals surface area contributed by atoms with E-state index in [4.69, 9.17) is 18.3 Å². The summed E-state index contributed by atoms with van der Waals surface area (Å²) in [5.41, 5.74) is 2.71. The van der Waals surface area contributed by atoms with E-state index in [0.29, 0.717) is 51.1 Å². The summed E-state index contributed by atoms with van der Waals surface area (Å²) in [5, 5.41) is 5.34. The van der Waals surface area contributed by atoms with E-state index in [0.717, 1.165) is 6.07 Å². The number of para-hydroxylation sites is 2. The van der Waals surface area contributed by atoms with Crippen LogP contribution in [0.4, 0.5) is 33.3 Å². The number of carbonyl (C=O) groups excluding carboxylic acids is 2. The summed E-state index contributed by atoms with van der Waals surface area (Å²) in [5.74, 6) is 0.629. The van der Waals surface area contributed by atoms with Gasteiger partial charge in [0.15, 0.2) is 24.3 Å². The second-order valence-corrected chi connectivity index (χ2v) is 11.2. The maximum absolute atomic E-state index is 12.5. The molecule has 0 unspecified atom stereocenters. The molecule has 0 radical (unpaired) electrons. The summed E-state index contributed by atoms with van der Waals surface area (Å²) in [6, 6.07) is 21.6. The van der Waals surface area contributed by atoms with Gasteiger partial charge in [-0.25, -0.2) is 9.97 Å². The predicted octanol–water partition coefficient (Wildman–Crippen LogP) is 8.56. The summed E-state index contributed by atoms with van der Waals surface area (Å²) < 4.78 is 91.9. The summed E-state index contributed by atoms with van der Waals surface area (Å²) >= 11 is 0. The lowest BCUT2D eigenvalue weighted by Crippen LogP contribution is -2.20. The van der Waals surface area contributed by atoms with Crippen molar-refractivity contribution >= 4 is 23.2 Å². The Kier molecular flexibility index (Phi) is 13.0. The van der Waals surface area contributed by atoms with Gasteiger partial charge in [0.25, 0.3) is 0 Å². The van der Waals surface area contributed by atoms with Gasteiger partial charge in [-0.15, -0.1) is 13.2 Å². The van der Waals surface area contributed by atoms with Crippen molar-refractivity contribution in [3.05, 3.63) is 121 Å². The predicted molar refractivity (Wildman–Crippen MR) is 188 cm³/mol. The number of nitrogens with one attached hydrogen (secondary N) is 2. The maximum Gasteiger partial charge on any atom is 0.573 e. The van der Waals surface area contributed by atoms with Gasteiger partial charge in [0.1, 0.15) is 23.0 Å². The normalized spacial score (nSPS) is 10.9. The first kappa shape index (κ1) is 39.3. The van der Waals surface area contributed by atoms with E-state index < -0.39 is 24.6 Å². The molecule has 4 aromatic carbocycles. The van der Waals surface area contributed by atoms with Crippen LogP contribution >= 0.6 is 0 Å². The van der Waals surface area contributed by atoms with Gasteiger partial charge in [-0.05, 0) is 36.4 Å². The molecule has 0 saturated heterocycles. The van der Waals surface area contributed by atoms with Crippen LogP contribution in [0.5, 0.6) is 23.0 Å². The zero-order valence-electron chi connectivity index (χ0n) is 28.9. The Bertz CT molecular complexity index is 2180. The second kappa shape index (κ2) is 18.2. The quantitative estimate of drug-likeness (QED) is 0.110. The molecule has 286 valence electrons. The van der Waals surface area contributed by atoms with E-state index in [1.807, 2.05) is 0 Å². The molecule has 6 aromatic rings. The van der Waals surface area contributed by atoms with E-state index in [1.54, 1.807) is 60.8 Å². The van der Waals surface area contributed by atoms with Crippen molar-refractivity contribution in [2.24, 2.45) is 0 Å². The number of nitrogens with zero attached hydrogens (tertiary/aromatic N) is 2. The summed E-state index contributed by atoms with van der Waals surface area (Å²) in [4.78, 5) is 32.3. The SMILES string of the molecule is COc1cc(NC(=O)Cc2ccccc2OC(F)(F)F)ccc1-c1cnco1.COc1cc(NC(=O)Cc2ccccc2OC(F)F)ccc1-c1cnco1. The van der Waals surface area contributed by atoms with Crippen molar-refractivity contribution in [3.63, 3.8) is 0 Å². The maximum atomic E-state index is 12.5. The molecule has 0 aliphatic heterocycles. The highest BCUT2D eigenvalue weighted by atomic mass is 19.4. The van der Waals surface area contributed by atoms with E-state index >= 15 is 0 Å². The first-order valence-corrected chi connectivity index (χ1v) is 16.0. The molecule has 2 aromatic heterocycles. The van der Waals surface area contributed by atoms with Crippen LogP contribution in [0.1, 0.15) is 11.1 Å². The summed E-state index contributed by atoms with van der Waals surface area (Å²) in [6.45, 7) is -2.96. The Morgan fingerprint density at radius 3 is 1.55 bits per heavy atom. The number of aromatic nitrogens is 2. The highest BCUT2D eigenvalue weighted by Crippen LogP contribution is 2.34. The van der Waals surface area contributed by atoms with E-state index in [9.17, 15) is 31.5 Å². The topological polar surface area (TPSA) is 147 Å². The van der Waals surface area contributed by atoms with Crippen LogP contribution in [0, 0.1) is 0 Å². The van der Waals surface area contributed by atoms with E-state index in [2.05, 4.69) is 30.1 Å². The summed E-state index contributed by atoms with van der Waals surface area (Å²) in [6.07, 6.45) is 0.419. The van der Waals surface area contributed by atoms with Crippen LogP contribution in [-0.4, -0.2) is 49.0 Å². The molecule has 12 nitrogen and oxygen atoms in total. The molecule has 0 saturated carbocycles. The largest absolute Gasteiger partial charge is 0.573 e. The number of carbonyl (C=O) groups is 2. The van der Waals surface area contributed by atoms with Crippen molar-refractivity contribution < 1.29 is 59.3 Å². The van der Waals surface area contributed by atoms with Gasteiger partial charge in [-0.3, -0.25) is 9.59 Å². The van der Waals surface area contributed by atoms with E-state index in [1.165, 1.54) is 57.5 Å². The number of hydrogen-bond acceptors (Lipinski definition) is 10. The number of alkyl halides is 5. The third kappa shape index (κ3) is 11.3. The van der Waals surface area contributed by atoms with Crippen LogP contribution in [0.2, 0.25) is 0 Å². The third-order valence-corrected chi connectivity index (χ3v) is 7.46. The van der Waals surface area contributed by atoms with Gasteiger partial charge < -0.3 is 38.4 Å². The van der Waals surface area contributed by atoms with Crippen LogP contribution < -0.4 is 29.6 Å². The van der Waals surface area contributed by atoms with Crippen LogP contribution in [0.3, 0.4) is 0 Å². The van der Waals surface area contributed by atoms with Crippen LogP contribution in [0.15, 0.2) is 119 Å². The fourth-order valence-corrected chi connectivity index (χ4v) is 5.13. The zero-order chi connectivity index (χ0) is 39.4. The molecule has 0 aliphatic carbocycles. The molecule has 0 atom stereocenters. The van der Waals surface area contributed by atoms with Gasteiger partial charge in [0.05, 0.1) is 50.6 Å². The highest BCUT2D eigenvalue weighted by molar-refractivity contribution is 5.94. The first-order chi connectivity index (χ1) is 26.4. The molecule has 2 heterocycles. The Morgan fingerprint density at radius 1 is 0.673 bits per heavy atom. The monoisotopic (exact) mass is 766 g/mol. The van der Waals surface area contributed by atoms with Gasteiger partial charge >= 0.3 is 13.0 Å². The minimum Gasteiger partial charge on any atom is -0.496 e. The van der Waals surface area contributed by atoms with Crippen molar-refractivity contribution in [1.82, 2.24) is 9.97 Å². The van der Waals surface area contributed by atoms with Gasteiger partial charge in [-0.1, -0.05) is 36.4 Å². The molecule has 0 aliphatic rings. The molecule has 17 heteroatoms. The van der Waals surface area contributed by atoms with E-state index in [-0.39, 0.29) is 30.1 Å². The number of ether oxygens (including phenoxy) is 4. The Balaban J connectivity index is 0.000000211. The minimum absolute atomic E-state index is 0.0269. The Morgan fingerprint density at radius 2 is 1.13 bits per heavy atom. The van der Waals surface area contributed by atoms with Gasteiger partial charge in [-0.2, -0.15) is 8.78 Å². The molecule has 6 rings (SSSR count). The lowest BCUT2D eigenvalue weighted by atomic mass is 10.1. The Labute approximate surface area is 309 Å². The molecular formula is C38H31F5N4O8. The molecule has 2 N–H and O–H groups in total. The molecule has 55 heavy (non-hydrogen) atoms. The fourth-order valence-electron chi connectivity index (χ4n) is 5.13. The van der Waals surface area contributed by atoms with Crippen LogP contribution in [-0.2, 0) is 22.4 Å². The lowest BCUT2D eigenvalue weighted by Gasteiger charge is -2.13. The number of methoxy groups -OCH3 is 2. The molecule has 0 fully saturated rings. The summed E-state index contributed by atoms with van der Waals surface area (Å²) in [7, 11) is 2.96. The minimum atomic E-state index is -4.84. The van der Waals surface area contributed by atoms with Gasteiger partial charge in [0.2, 0.25) is 11.8 Å². The second-order valence-electron chi connectivity index (χ2n) is 11.2. The van der Waals surface area contributed by atoms with Gasteiger partial charge in [0, 0.05) is 34.6 Å². The van der Waals surface area contributed by atoms with Crippen molar-refractivity contribution in [2.45, 2.75) is 25.8 Å². The number of hydrogen-bond donors (Lipinski definition) is 2. The standard InChI is InChI=1S/C19H15F3N2O4.C19H16F2N2O4/c1-26-16-9-13(6-7-14(16)17-10-23-11-27-17)24-18(25)8-12-4-2-3-5-15(12)28-19(20,21)22;1-25-16-9-13(6-7-14(16)17-10-22-11-26-17)23-18(24)8-12-4-2-3-5-15(12)27-19(20)21/h2-7,9-11H,8H2,1H3,(H,24,25);2-7,9-11,19H,8H2,1H3,(H,23,24). The fraction of sp³-hybridized carbons (Fsp3) is 0.158. The molecule has 0 bridgehead atoms. The molecule has 2 amide bonds. The number of amides is 2. The molecular weight excluding hydrogens is 735 g/mol. The number of halogens is 5.